The van der Waals surface area contributed by atoms with E-state index in [-0.39, 0.29) is 41.2 Å². The molecule has 1 aliphatic heterocycles. The first kappa shape index (κ1) is 21.6. The molecule has 2 N–H and O–H groups in total. The van der Waals surface area contributed by atoms with E-state index in [9.17, 15) is 13.2 Å². The topological polar surface area (TPSA) is 146 Å². The van der Waals surface area contributed by atoms with E-state index in [1.54, 1.807) is 30.5 Å². The number of hydrogen-bond donors (Lipinski definition) is 1. The number of carbonyl (C=O) groups excluding carboxylic acids is 1. The molecule has 11 nitrogen and oxygen atoms in total. The molecule has 0 spiro atoms. The largest absolute Gasteiger partial charge is 0.469 e. The lowest BCUT2D eigenvalue weighted by Gasteiger charge is -2.24. The van der Waals surface area contributed by atoms with Crippen LogP contribution in [0.4, 0.5) is 0 Å². The van der Waals surface area contributed by atoms with Crippen LogP contribution in [0.5, 0.6) is 5.88 Å². The lowest BCUT2D eigenvalue weighted by Crippen LogP contribution is -2.46. The van der Waals surface area contributed by atoms with Crippen LogP contribution in [-0.4, -0.2) is 62.6 Å². The molecule has 0 aliphatic carbocycles. The number of nitrogens with zero attached hydrogens (tertiary/aromatic N) is 6. The van der Waals surface area contributed by atoms with Gasteiger partial charge in [0.1, 0.15) is 12.9 Å². The Balaban J connectivity index is 1.34. The number of sulfonamides is 1. The van der Waals surface area contributed by atoms with Crippen molar-refractivity contribution >= 4 is 43.8 Å². The molecule has 0 radical (unpaired) electrons. The summed E-state index contributed by atoms with van der Waals surface area (Å²) in [6, 6.07) is 8.04. The van der Waals surface area contributed by atoms with E-state index in [1.807, 2.05) is 0 Å². The first-order chi connectivity index (χ1) is 15.9. The summed E-state index contributed by atoms with van der Waals surface area (Å²) in [7, 11) is -4.01. The fourth-order valence-electron chi connectivity index (χ4n) is 3.96. The number of aromatic nitrogens is 5. The van der Waals surface area contributed by atoms with Gasteiger partial charge < -0.3 is 10.5 Å². The molecule has 170 valence electrons. The van der Waals surface area contributed by atoms with Crippen LogP contribution in [0.1, 0.15) is 6.42 Å². The Labute approximate surface area is 193 Å². The van der Waals surface area contributed by atoms with E-state index in [0.717, 1.165) is 4.31 Å². The number of Topliss-reactive ketones (excluding diaryl/α,β-unsaturated/α-hetero) is 1. The van der Waals surface area contributed by atoms with E-state index < -0.39 is 22.1 Å². The summed E-state index contributed by atoms with van der Waals surface area (Å²) in [6.45, 7) is -0.192. The van der Waals surface area contributed by atoms with Crippen molar-refractivity contribution in [1.29, 1.82) is 0 Å². The first-order valence-electron chi connectivity index (χ1n) is 9.98. The lowest BCUT2D eigenvalue weighted by atomic mass is 10.0. The van der Waals surface area contributed by atoms with Crippen LogP contribution in [0.3, 0.4) is 0 Å². The minimum atomic E-state index is -4.01. The van der Waals surface area contributed by atoms with E-state index in [4.69, 9.17) is 22.1 Å². The van der Waals surface area contributed by atoms with Crippen LogP contribution < -0.4 is 10.5 Å². The number of ketones is 1. The summed E-state index contributed by atoms with van der Waals surface area (Å²) in [5, 5.41) is 12.9. The highest BCUT2D eigenvalue weighted by Crippen LogP contribution is 2.34. The Hall–Kier alpha value is -3.19. The molecule has 13 heteroatoms. The third kappa shape index (κ3) is 3.80. The number of fused-ring (bicyclic) bond motifs is 2. The second kappa shape index (κ2) is 8.30. The highest BCUT2D eigenvalue weighted by atomic mass is 35.5. The smallest absolute Gasteiger partial charge is 0.245 e. The molecule has 1 aliphatic rings. The van der Waals surface area contributed by atoms with Crippen LogP contribution in [0.25, 0.3) is 16.4 Å². The lowest BCUT2D eigenvalue weighted by molar-refractivity contribution is -0.125. The molecule has 33 heavy (non-hydrogen) atoms. The zero-order valence-electron chi connectivity index (χ0n) is 17.1. The van der Waals surface area contributed by atoms with Gasteiger partial charge in [-0.2, -0.15) is 8.82 Å². The van der Waals surface area contributed by atoms with Gasteiger partial charge in [-0.3, -0.25) is 9.78 Å². The SMILES string of the molecule is N[C@H]1C(C(=O)COc2ccc3nncn3n2)CCN1S(=O)(=O)c1cccc2cncc(Cl)c12. The predicted octanol–water partition coefficient (Wildman–Crippen LogP) is 1.27. The molecule has 0 amide bonds. The third-order valence-corrected chi connectivity index (χ3v) is 7.83. The zero-order chi connectivity index (χ0) is 23.2. The minimum absolute atomic E-state index is 0.0265. The van der Waals surface area contributed by atoms with Gasteiger partial charge in [0.15, 0.2) is 11.4 Å². The van der Waals surface area contributed by atoms with Crippen molar-refractivity contribution in [3.05, 3.63) is 54.1 Å². The Kier molecular flexibility index (Phi) is 5.44. The fraction of sp³-hybridized carbons (Fsp3) is 0.250. The fourth-order valence-corrected chi connectivity index (χ4v) is 6.08. The van der Waals surface area contributed by atoms with E-state index in [1.165, 1.54) is 23.1 Å². The second-order valence-electron chi connectivity index (χ2n) is 7.54. The van der Waals surface area contributed by atoms with E-state index in [2.05, 4.69) is 20.3 Å². The Bertz CT molecular complexity index is 1470. The van der Waals surface area contributed by atoms with Crippen LogP contribution in [-0.2, 0) is 14.8 Å². The van der Waals surface area contributed by atoms with Crippen LogP contribution in [0, 0.1) is 5.92 Å². The highest BCUT2D eigenvalue weighted by Gasteiger charge is 2.43. The maximum atomic E-state index is 13.5. The number of benzene rings is 1. The molecular weight excluding hydrogens is 470 g/mol. The molecule has 5 rings (SSSR count). The van der Waals surface area contributed by atoms with Crippen molar-refractivity contribution in [2.45, 2.75) is 17.5 Å². The van der Waals surface area contributed by atoms with Crippen LogP contribution >= 0.6 is 11.6 Å². The van der Waals surface area contributed by atoms with Gasteiger partial charge in [0.25, 0.3) is 0 Å². The molecule has 0 saturated carbocycles. The second-order valence-corrected chi connectivity index (χ2v) is 9.80. The van der Waals surface area contributed by atoms with E-state index >= 15 is 0 Å². The molecular formula is C20H18ClN7O4S. The van der Waals surface area contributed by atoms with Gasteiger partial charge in [0, 0.05) is 35.8 Å². The number of rotatable bonds is 6. The van der Waals surface area contributed by atoms with Crippen LogP contribution in [0.15, 0.2) is 53.9 Å². The van der Waals surface area contributed by atoms with Gasteiger partial charge in [0.05, 0.1) is 22.0 Å². The summed E-state index contributed by atoms with van der Waals surface area (Å²) in [5.74, 6) is -0.817. The Morgan fingerprint density at radius 3 is 2.94 bits per heavy atom. The summed E-state index contributed by atoms with van der Waals surface area (Å²) < 4.78 is 35.0. The quantitative estimate of drug-likeness (QED) is 0.424. The molecule has 1 unspecified atom stereocenters. The number of hydrogen-bond acceptors (Lipinski definition) is 9. The molecule has 1 saturated heterocycles. The Morgan fingerprint density at radius 1 is 1.24 bits per heavy atom. The van der Waals surface area contributed by atoms with Gasteiger partial charge in [0.2, 0.25) is 15.9 Å². The maximum Gasteiger partial charge on any atom is 0.245 e. The molecule has 1 aromatic carbocycles. The van der Waals surface area contributed by atoms with Gasteiger partial charge >= 0.3 is 0 Å². The Morgan fingerprint density at radius 2 is 2.09 bits per heavy atom. The molecule has 4 heterocycles. The maximum absolute atomic E-state index is 13.5. The third-order valence-electron chi connectivity index (χ3n) is 5.60. The van der Waals surface area contributed by atoms with Crippen molar-refractivity contribution in [3.8, 4) is 5.88 Å². The monoisotopic (exact) mass is 487 g/mol. The zero-order valence-corrected chi connectivity index (χ0v) is 18.6. The summed E-state index contributed by atoms with van der Waals surface area (Å²) in [5.41, 5.74) is 6.79. The van der Waals surface area contributed by atoms with Crippen molar-refractivity contribution < 1.29 is 17.9 Å². The van der Waals surface area contributed by atoms with Gasteiger partial charge in [-0.05, 0) is 18.6 Å². The summed E-state index contributed by atoms with van der Waals surface area (Å²) in [4.78, 5) is 16.8. The molecule has 4 aromatic rings. The summed E-state index contributed by atoms with van der Waals surface area (Å²) >= 11 is 6.26. The number of ether oxygens (including phenoxy) is 1. The standard InChI is InChI=1S/C20H18ClN7O4S/c21-14-9-23-8-12-2-1-3-16(19(12)14)33(30,31)28-7-6-13(20(28)22)15(29)10-32-18-5-4-17-25-24-11-27(17)26-18/h1-5,8-9,11,13,20H,6-7,10,22H2/t13?,20-/m1/s1. The number of halogens is 1. The molecule has 0 bridgehead atoms. The van der Waals surface area contributed by atoms with E-state index in [0.29, 0.717) is 16.4 Å². The van der Waals surface area contributed by atoms with Crippen molar-refractivity contribution in [2.24, 2.45) is 11.7 Å². The minimum Gasteiger partial charge on any atom is -0.469 e. The van der Waals surface area contributed by atoms with Gasteiger partial charge in [-0.25, -0.2) is 8.42 Å². The summed E-state index contributed by atoms with van der Waals surface area (Å²) in [6.07, 6.45) is 3.59. The molecule has 2 atom stereocenters. The normalized spacial score (nSPS) is 19.3. The van der Waals surface area contributed by atoms with Gasteiger partial charge in [-0.15, -0.1) is 15.3 Å². The number of carbonyl (C=O) groups is 1. The average molecular weight is 488 g/mol. The molecule has 1 fully saturated rings. The number of pyridine rings is 1. The average Bonchev–Trinajstić information content (AvgIpc) is 3.43. The highest BCUT2D eigenvalue weighted by molar-refractivity contribution is 7.89. The first-order valence-corrected chi connectivity index (χ1v) is 11.8. The van der Waals surface area contributed by atoms with Crippen LogP contribution in [0.2, 0.25) is 5.02 Å². The van der Waals surface area contributed by atoms with Crippen molar-refractivity contribution in [3.63, 3.8) is 0 Å². The van der Waals surface area contributed by atoms with Crippen molar-refractivity contribution in [2.75, 3.05) is 13.2 Å². The number of nitrogens with two attached hydrogens (primary N) is 1. The van der Waals surface area contributed by atoms with Gasteiger partial charge in [-0.1, -0.05) is 23.7 Å². The van der Waals surface area contributed by atoms with Crippen molar-refractivity contribution in [1.82, 2.24) is 29.1 Å². The predicted molar refractivity (Wildman–Crippen MR) is 118 cm³/mol. The molecule has 3 aromatic heterocycles.